The Morgan fingerprint density at radius 2 is 1.33 bits per heavy atom. The van der Waals surface area contributed by atoms with Gasteiger partial charge in [0, 0.05) is 18.2 Å². The van der Waals surface area contributed by atoms with Gasteiger partial charge in [-0.05, 0) is 48.7 Å². The van der Waals surface area contributed by atoms with Crippen molar-refractivity contribution in [2.24, 2.45) is 0 Å². The summed E-state index contributed by atoms with van der Waals surface area (Å²) in [7, 11) is -3.95. The average Bonchev–Trinajstić information content (AvgIpc) is 2.89. The number of benzene rings is 1. The summed E-state index contributed by atoms with van der Waals surface area (Å²) in [5.74, 6) is -0.156. The highest BCUT2D eigenvalue weighted by Gasteiger charge is 2.16. The Hall–Kier alpha value is -2.94. The Bertz CT molecular complexity index is 1200. The molecule has 0 aliphatic heterocycles. The highest BCUT2D eigenvalue weighted by molar-refractivity contribution is 7.86. The van der Waals surface area contributed by atoms with Gasteiger partial charge in [0.25, 0.3) is 11.2 Å². The summed E-state index contributed by atoms with van der Waals surface area (Å²) in [6.07, 6.45) is 19.6. The molecule has 0 aliphatic rings. The van der Waals surface area contributed by atoms with E-state index in [1.807, 2.05) is 0 Å². The lowest BCUT2D eigenvalue weighted by Gasteiger charge is -2.12. The maximum atomic E-state index is 12.6. The number of unbranched alkanes of at least 4 members (excludes halogenated alkanes) is 13. The van der Waals surface area contributed by atoms with E-state index >= 15 is 0 Å². The molecule has 8 nitrogen and oxygen atoms in total. The summed E-state index contributed by atoms with van der Waals surface area (Å²) in [6.45, 7) is 3.97. The van der Waals surface area contributed by atoms with Crippen LogP contribution in [0.4, 0.5) is 5.69 Å². The van der Waals surface area contributed by atoms with Crippen molar-refractivity contribution in [3.8, 4) is 0 Å². The predicted octanol–water partition coefficient (Wildman–Crippen LogP) is 7.48. The first-order valence-electron chi connectivity index (χ1n) is 14.3. The smallest absolute Gasteiger partial charge is 0.284 e. The maximum Gasteiger partial charge on any atom is 0.327 e. The summed E-state index contributed by atoms with van der Waals surface area (Å²) in [5, 5.41) is 10.8. The van der Waals surface area contributed by atoms with Crippen LogP contribution < -0.4 is 9.84 Å². The molecule has 2 rings (SSSR count). The molecular formula is C30H44N2O6S. The van der Waals surface area contributed by atoms with Crippen LogP contribution in [0.25, 0.3) is 12.2 Å². The molecule has 0 bridgehead atoms. The van der Waals surface area contributed by atoms with E-state index in [0.717, 1.165) is 24.0 Å². The van der Waals surface area contributed by atoms with Crippen molar-refractivity contribution in [3.05, 3.63) is 73.7 Å². The first-order valence-corrected chi connectivity index (χ1v) is 15.9. The quantitative estimate of drug-likeness (QED) is 0.0944. The second kappa shape index (κ2) is 17.6. The SMILES string of the molecule is CCCCCCCCCCCCCCCCS(=O)(=O)On1c(/C=C/c2ccc([N+](=O)[O-])cc2)cc(C)cc1=O. The number of rotatable bonds is 20. The van der Waals surface area contributed by atoms with E-state index in [-0.39, 0.29) is 17.1 Å². The van der Waals surface area contributed by atoms with E-state index in [1.54, 1.807) is 37.3 Å². The van der Waals surface area contributed by atoms with Gasteiger partial charge in [0.1, 0.15) is 0 Å². The molecule has 0 N–H and O–H groups in total. The van der Waals surface area contributed by atoms with Crippen LogP contribution in [0.3, 0.4) is 0 Å². The van der Waals surface area contributed by atoms with Crippen LogP contribution in [0.2, 0.25) is 0 Å². The third-order valence-electron chi connectivity index (χ3n) is 6.65. The van der Waals surface area contributed by atoms with Crippen LogP contribution in [0, 0.1) is 17.0 Å². The van der Waals surface area contributed by atoms with Gasteiger partial charge in [-0.25, -0.2) is 0 Å². The Morgan fingerprint density at radius 3 is 1.85 bits per heavy atom. The first-order chi connectivity index (χ1) is 18.7. The van der Waals surface area contributed by atoms with Crippen molar-refractivity contribution in [1.29, 1.82) is 0 Å². The number of nitro groups is 1. The molecule has 39 heavy (non-hydrogen) atoms. The molecule has 0 aliphatic carbocycles. The minimum Gasteiger partial charge on any atom is -0.284 e. The van der Waals surface area contributed by atoms with E-state index in [1.165, 1.54) is 82.4 Å². The van der Waals surface area contributed by atoms with Crippen molar-refractivity contribution < 1.29 is 17.6 Å². The van der Waals surface area contributed by atoms with Crippen LogP contribution in [-0.4, -0.2) is 23.8 Å². The zero-order valence-electron chi connectivity index (χ0n) is 23.5. The lowest BCUT2D eigenvalue weighted by atomic mass is 10.0. The summed E-state index contributed by atoms with van der Waals surface area (Å²) in [4.78, 5) is 22.9. The zero-order chi connectivity index (χ0) is 28.5. The zero-order valence-corrected chi connectivity index (χ0v) is 24.3. The van der Waals surface area contributed by atoms with E-state index in [0.29, 0.717) is 17.5 Å². The summed E-state index contributed by atoms with van der Waals surface area (Å²) < 4.78 is 31.2. The largest absolute Gasteiger partial charge is 0.327 e. The van der Waals surface area contributed by atoms with Gasteiger partial charge in [-0.2, -0.15) is 8.42 Å². The third-order valence-corrected chi connectivity index (χ3v) is 7.81. The van der Waals surface area contributed by atoms with Gasteiger partial charge >= 0.3 is 10.1 Å². The van der Waals surface area contributed by atoms with Crippen molar-refractivity contribution in [2.75, 3.05) is 5.75 Å². The molecule has 216 valence electrons. The van der Waals surface area contributed by atoms with Crippen LogP contribution in [0.1, 0.15) is 114 Å². The van der Waals surface area contributed by atoms with E-state index in [4.69, 9.17) is 4.28 Å². The molecule has 9 heteroatoms. The minimum atomic E-state index is -3.95. The lowest BCUT2D eigenvalue weighted by molar-refractivity contribution is -0.384. The molecule has 0 amide bonds. The minimum absolute atomic E-state index is 0.0301. The summed E-state index contributed by atoms with van der Waals surface area (Å²) >= 11 is 0. The summed E-state index contributed by atoms with van der Waals surface area (Å²) in [6, 6.07) is 8.84. The molecular weight excluding hydrogens is 516 g/mol. The van der Waals surface area contributed by atoms with E-state index in [9.17, 15) is 23.3 Å². The normalized spacial score (nSPS) is 11.7. The Balaban J connectivity index is 1.77. The molecule has 0 saturated carbocycles. The molecule has 0 atom stereocenters. The maximum absolute atomic E-state index is 12.6. The monoisotopic (exact) mass is 560 g/mol. The predicted molar refractivity (Wildman–Crippen MR) is 158 cm³/mol. The number of aryl methyl sites for hydroxylation is 1. The van der Waals surface area contributed by atoms with Crippen molar-refractivity contribution in [1.82, 2.24) is 4.73 Å². The highest BCUT2D eigenvalue weighted by Crippen LogP contribution is 2.16. The fourth-order valence-electron chi connectivity index (χ4n) is 4.42. The molecule has 1 aromatic heterocycles. The van der Waals surface area contributed by atoms with Gasteiger partial charge in [-0.1, -0.05) is 96.5 Å². The number of non-ortho nitro benzene ring substituents is 1. The van der Waals surface area contributed by atoms with E-state index < -0.39 is 20.6 Å². The van der Waals surface area contributed by atoms with Crippen LogP contribution >= 0.6 is 0 Å². The van der Waals surface area contributed by atoms with Gasteiger partial charge in [0.05, 0.1) is 16.4 Å². The fourth-order valence-corrected chi connectivity index (χ4v) is 5.44. The van der Waals surface area contributed by atoms with Crippen molar-refractivity contribution in [3.63, 3.8) is 0 Å². The third kappa shape index (κ3) is 13.1. The second-order valence-corrected chi connectivity index (χ2v) is 11.9. The lowest BCUT2D eigenvalue weighted by Crippen LogP contribution is -2.33. The molecule has 0 fully saturated rings. The van der Waals surface area contributed by atoms with Crippen LogP contribution in [-0.2, 0) is 10.1 Å². The number of nitrogens with zero attached hydrogens (tertiary/aromatic N) is 2. The van der Waals surface area contributed by atoms with Gasteiger partial charge in [-0.3, -0.25) is 19.2 Å². The van der Waals surface area contributed by atoms with E-state index in [2.05, 4.69) is 6.92 Å². The molecule has 1 aromatic carbocycles. The van der Waals surface area contributed by atoms with Gasteiger partial charge in [-0.15, -0.1) is 4.73 Å². The van der Waals surface area contributed by atoms with Gasteiger partial charge < -0.3 is 0 Å². The molecule has 1 heterocycles. The topological polar surface area (TPSA) is 109 Å². The number of hydrogen-bond donors (Lipinski definition) is 0. The molecule has 0 saturated heterocycles. The van der Waals surface area contributed by atoms with Crippen molar-refractivity contribution >= 4 is 28.0 Å². The highest BCUT2D eigenvalue weighted by atomic mass is 32.2. The Morgan fingerprint density at radius 1 is 0.821 bits per heavy atom. The van der Waals surface area contributed by atoms with Crippen LogP contribution in [0.15, 0.2) is 41.2 Å². The second-order valence-electron chi connectivity index (χ2n) is 10.2. The van der Waals surface area contributed by atoms with Crippen molar-refractivity contribution in [2.45, 2.75) is 104 Å². The fraction of sp³-hybridized carbons (Fsp3) is 0.567. The van der Waals surface area contributed by atoms with Gasteiger partial charge in [0.2, 0.25) is 0 Å². The van der Waals surface area contributed by atoms with Gasteiger partial charge in [0.15, 0.2) is 0 Å². The number of nitro benzene ring substituents is 1. The number of hydrogen-bond acceptors (Lipinski definition) is 6. The number of pyridine rings is 1. The Kier molecular flexibility index (Phi) is 14.6. The average molecular weight is 561 g/mol. The molecule has 0 unspecified atom stereocenters. The molecule has 2 aromatic rings. The molecule has 0 radical (unpaired) electrons. The Labute approximate surface area is 233 Å². The summed E-state index contributed by atoms with van der Waals surface area (Å²) in [5.41, 5.74) is 0.974. The molecule has 0 spiro atoms. The number of aromatic nitrogens is 1. The van der Waals surface area contributed by atoms with Crippen LogP contribution in [0.5, 0.6) is 0 Å². The standard InChI is InChI=1S/C30H44N2O6S/c1-3-4-5-6-7-8-9-10-11-12-13-14-15-16-23-39(36,37)38-31-29(24-26(2)25-30(31)33)22-19-27-17-20-28(21-18-27)32(34)35/h17-22,24-25H,3-16,23H2,1-2H3/b22-19+. The first kappa shape index (κ1) is 32.3.